The lowest BCUT2D eigenvalue weighted by Crippen LogP contribution is -2.32. The monoisotopic (exact) mass is 281 g/mol. The van der Waals surface area contributed by atoms with E-state index in [4.69, 9.17) is 11.6 Å². The highest BCUT2D eigenvalue weighted by molar-refractivity contribution is 6.33. The summed E-state index contributed by atoms with van der Waals surface area (Å²) >= 11 is 6.11. The third-order valence-electron chi connectivity index (χ3n) is 3.42. The van der Waals surface area contributed by atoms with Gasteiger partial charge < -0.3 is 10.6 Å². The number of carbonyl (C=O) groups excluding carboxylic acids is 1. The lowest BCUT2D eigenvalue weighted by Gasteiger charge is -2.25. The molecule has 0 atom stereocenters. The van der Waals surface area contributed by atoms with Gasteiger partial charge in [-0.05, 0) is 31.2 Å². The molecule has 1 aliphatic rings. The van der Waals surface area contributed by atoms with E-state index in [9.17, 15) is 4.79 Å². The molecule has 104 valence electrons. The molecule has 0 aromatic carbocycles. The van der Waals surface area contributed by atoms with E-state index in [0.29, 0.717) is 22.3 Å². The van der Waals surface area contributed by atoms with Gasteiger partial charge in [0.2, 0.25) is 0 Å². The van der Waals surface area contributed by atoms with Crippen LogP contribution in [0.2, 0.25) is 5.02 Å². The van der Waals surface area contributed by atoms with E-state index in [-0.39, 0.29) is 5.91 Å². The van der Waals surface area contributed by atoms with Crippen LogP contribution in [0, 0.1) is 5.92 Å². The van der Waals surface area contributed by atoms with E-state index >= 15 is 0 Å². The van der Waals surface area contributed by atoms with Crippen molar-refractivity contribution in [1.82, 2.24) is 10.3 Å². The maximum Gasteiger partial charge on any atom is 0.252 e. The molecule has 5 heteroatoms. The van der Waals surface area contributed by atoms with Gasteiger partial charge in [-0.25, -0.2) is 4.98 Å². The second kappa shape index (κ2) is 6.75. The maximum atomic E-state index is 11.9. The predicted molar refractivity (Wildman–Crippen MR) is 77.7 cm³/mol. The van der Waals surface area contributed by atoms with Crippen molar-refractivity contribution in [1.29, 1.82) is 0 Å². The van der Waals surface area contributed by atoms with Crippen LogP contribution in [-0.2, 0) is 0 Å². The molecule has 2 rings (SSSR count). The van der Waals surface area contributed by atoms with Gasteiger partial charge in [-0.15, -0.1) is 0 Å². The Kier molecular flexibility index (Phi) is 5.02. The molecule has 1 fully saturated rings. The summed E-state index contributed by atoms with van der Waals surface area (Å²) in [6, 6.07) is 1.67. The molecule has 4 nitrogen and oxygen atoms in total. The van der Waals surface area contributed by atoms with Crippen molar-refractivity contribution in [2.75, 3.05) is 18.4 Å². The Balaban J connectivity index is 1.91. The van der Waals surface area contributed by atoms with Crippen LogP contribution in [0.15, 0.2) is 12.3 Å². The zero-order chi connectivity index (χ0) is 13.7. The first kappa shape index (κ1) is 14.1. The fourth-order valence-corrected chi connectivity index (χ4v) is 2.20. The Morgan fingerprint density at radius 1 is 1.53 bits per heavy atom. The van der Waals surface area contributed by atoms with E-state index in [1.165, 1.54) is 19.3 Å². The molecular formula is C14H20ClN3O. The second-order valence-corrected chi connectivity index (χ2v) is 5.40. The average Bonchev–Trinajstić information content (AvgIpc) is 2.35. The molecule has 0 saturated heterocycles. The van der Waals surface area contributed by atoms with Crippen LogP contribution in [0.5, 0.6) is 0 Å². The number of pyridine rings is 1. The Hall–Kier alpha value is -1.29. The predicted octanol–water partition coefficient (Wildman–Crippen LogP) is 3.09. The molecule has 1 aromatic rings. The van der Waals surface area contributed by atoms with Crippen molar-refractivity contribution in [3.05, 3.63) is 22.8 Å². The van der Waals surface area contributed by atoms with Crippen molar-refractivity contribution >= 4 is 23.3 Å². The first-order valence-electron chi connectivity index (χ1n) is 6.88. The summed E-state index contributed by atoms with van der Waals surface area (Å²) in [5.74, 6) is 1.19. The largest absolute Gasteiger partial charge is 0.369 e. The average molecular weight is 282 g/mol. The number of aromatic nitrogens is 1. The van der Waals surface area contributed by atoms with Crippen molar-refractivity contribution in [2.24, 2.45) is 5.92 Å². The highest BCUT2D eigenvalue weighted by atomic mass is 35.5. The van der Waals surface area contributed by atoms with Crippen LogP contribution >= 0.6 is 11.6 Å². The third-order valence-corrected chi connectivity index (χ3v) is 3.71. The fraction of sp³-hybridized carbons (Fsp3) is 0.571. The normalized spacial score (nSPS) is 14.8. The molecule has 1 aromatic heterocycles. The van der Waals surface area contributed by atoms with Gasteiger partial charge in [0.15, 0.2) is 0 Å². The number of halogens is 1. The minimum Gasteiger partial charge on any atom is -0.369 e. The summed E-state index contributed by atoms with van der Waals surface area (Å²) in [5.41, 5.74) is 0.520. The molecule has 2 N–H and O–H groups in total. The molecule has 19 heavy (non-hydrogen) atoms. The van der Waals surface area contributed by atoms with Crippen LogP contribution in [0.4, 0.5) is 5.82 Å². The van der Waals surface area contributed by atoms with E-state index in [1.807, 2.05) is 0 Å². The van der Waals surface area contributed by atoms with Gasteiger partial charge in [-0.3, -0.25) is 4.79 Å². The first-order valence-corrected chi connectivity index (χ1v) is 7.26. The summed E-state index contributed by atoms with van der Waals surface area (Å²) in [6.45, 7) is 3.65. The topological polar surface area (TPSA) is 54.0 Å². The Labute approximate surface area is 118 Å². The van der Waals surface area contributed by atoms with E-state index < -0.39 is 0 Å². The van der Waals surface area contributed by atoms with Gasteiger partial charge in [0.05, 0.1) is 10.6 Å². The zero-order valence-electron chi connectivity index (χ0n) is 11.2. The van der Waals surface area contributed by atoms with Gasteiger partial charge in [-0.1, -0.05) is 24.9 Å². The van der Waals surface area contributed by atoms with Crippen molar-refractivity contribution in [3.8, 4) is 0 Å². The van der Waals surface area contributed by atoms with Gasteiger partial charge in [0.1, 0.15) is 5.82 Å². The van der Waals surface area contributed by atoms with Crippen LogP contribution < -0.4 is 10.6 Å². The Morgan fingerprint density at radius 2 is 2.32 bits per heavy atom. The number of hydrogen-bond donors (Lipinski definition) is 2. The first-order chi connectivity index (χ1) is 9.20. The zero-order valence-corrected chi connectivity index (χ0v) is 12.0. The van der Waals surface area contributed by atoms with E-state index in [1.54, 1.807) is 12.3 Å². The van der Waals surface area contributed by atoms with Crippen LogP contribution in [0.3, 0.4) is 0 Å². The van der Waals surface area contributed by atoms with Crippen molar-refractivity contribution < 1.29 is 4.79 Å². The Morgan fingerprint density at radius 3 is 2.89 bits per heavy atom. The number of anilines is 1. The molecule has 0 aliphatic heterocycles. The number of rotatable bonds is 6. The molecule has 0 radical (unpaired) electrons. The molecule has 1 amide bonds. The number of nitrogens with zero attached hydrogens (tertiary/aromatic N) is 1. The minimum atomic E-state index is -0.0941. The molecule has 0 unspecified atom stereocenters. The van der Waals surface area contributed by atoms with Crippen LogP contribution in [0.25, 0.3) is 0 Å². The summed E-state index contributed by atoms with van der Waals surface area (Å²) in [6.07, 6.45) is 6.30. The number of carbonyl (C=O) groups is 1. The van der Waals surface area contributed by atoms with E-state index in [0.717, 1.165) is 19.5 Å². The quantitative estimate of drug-likeness (QED) is 0.842. The molecule has 1 aliphatic carbocycles. The molecule has 1 saturated carbocycles. The second-order valence-electron chi connectivity index (χ2n) is 4.99. The highest BCUT2D eigenvalue weighted by Crippen LogP contribution is 2.25. The SMILES string of the molecule is CCCNc1ncc(C(=O)NCC2CCC2)cc1Cl. The number of hydrogen-bond acceptors (Lipinski definition) is 3. The van der Waals surface area contributed by atoms with Crippen LogP contribution in [0.1, 0.15) is 43.0 Å². The summed E-state index contributed by atoms with van der Waals surface area (Å²) in [4.78, 5) is 16.1. The lowest BCUT2D eigenvalue weighted by molar-refractivity contribution is 0.0939. The summed E-state index contributed by atoms with van der Waals surface area (Å²) in [5, 5.41) is 6.55. The van der Waals surface area contributed by atoms with Gasteiger partial charge >= 0.3 is 0 Å². The standard InChI is InChI=1S/C14H20ClN3O/c1-2-6-16-13-12(15)7-11(9-17-13)14(19)18-8-10-4-3-5-10/h7,9-10H,2-6,8H2,1H3,(H,16,17)(H,18,19). The smallest absolute Gasteiger partial charge is 0.252 e. The van der Waals surface area contributed by atoms with Crippen molar-refractivity contribution in [3.63, 3.8) is 0 Å². The molecule has 0 bridgehead atoms. The molecular weight excluding hydrogens is 262 g/mol. The van der Waals surface area contributed by atoms with Crippen molar-refractivity contribution in [2.45, 2.75) is 32.6 Å². The van der Waals surface area contributed by atoms with E-state index in [2.05, 4.69) is 22.5 Å². The third kappa shape index (κ3) is 3.83. The summed E-state index contributed by atoms with van der Waals surface area (Å²) < 4.78 is 0. The van der Waals surface area contributed by atoms with Gasteiger partial charge in [0, 0.05) is 19.3 Å². The highest BCUT2D eigenvalue weighted by Gasteiger charge is 2.18. The Bertz CT molecular complexity index is 446. The van der Waals surface area contributed by atoms with Crippen LogP contribution in [-0.4, -0.2) is 24.0 Å². The van der Waals surface area contributed by atoms with Gasteiger partial charge in [-0.2, -0.15) is 0 Å². The maximum absolute atomic E-state index is 11.9. The fourth-order valence-electron chi connectivity index (χ4n) is 1.97. The van der Waals surface area contributed by atoms with Gasteiger partial charge in [0.25, 0.3) is 5.91 Å². The summed E-state index contributed by atoms with van der Waals surface area (Å²) in [7, 11) is 0. The number of amides is 1. The lowest BCUT2D eigenvalue weighted by atomic mass is 9.85. The minimum absolute atomic E-state index is 0.0941. The number of nitrogens with one attached hydrogen (secondary N) is 2. The molecule has 0 spiro atoms. The molecule has 1 heterocycles.